The van der Waals surface area contributed by atoms with Crippen LogP contribution in [0.3, 0.4) is 0 Å². The van der Waals surface area contributed by atoms with Gasteiger partial charge in [-0.3, -0.25) is 0 Å². The second-order valence-corrected chi connectivity index (χ2v) is 3.43. The van der Waals surface area contributed by atoms with Crippen LogP contribution in [0, 0.1) is 11.3 Å². The average Bonchev–Trinajstić information content (AvgIpc) is 2.25. The van der Waals surface area contributed by atoms with Gasteiger partial charge in [0.25, 0.3) is 0 Å². The van der Waals surface area contributed by atoms with Crippen molar-refractivity contribution in [3.05, 3.63) is 23.8 Å². The quantitative estimate of drug-likeness (QED) is 0.654. The van der Waals surface area contributed by atoms with E-state index in [1.807, 2.05) is 6.07 Å². The van der Waals surface area contributed by atoms with Crippen LogP contribution in [0.25, 0.3) is 0 Å². The Hall–Kier alpha value is -1.90. The van der Waals surface area contributed by atoms with Gasteiger partial charge in [-0.15, -0.1) is 0 Å². The van der Waals surface area contributed by atoms with Gasteiger partial charge < -0.3 is 10.5 Å². The molecule has 17 heavy (non-hydrogen) atoms. The minimum Gasteiger partial charge on any atom is -0.491 e. The van der Waals surface area contributed by atoms with Crippen LogP contribution in [0.1, 0.15) is 18.4 Å². The predicted octanol–water partition coefficient (Wildman–Crippen LogP) is 2.86. The van der Waals surface area contributed by atoms with E-state index in [-0.39, 0.29) is 18.8 Å². The molecule has 0 aliphatic heterocycles. The topological polar surface area (TPSA) is 59.0 Å². The third-order valence-corrected chi connectivity index (χ3v) is 2.00. The lowest BCUT2D eigenvalue weighted by atomic mass is 10.2. The molecule has 0 heterocycles. The summed E-state index contributed by atoms with van der Waals surface area (Å²) in [7, 11) is 0. The summed E-state index contributed by atoms with van der Waals surface area (Å²) in [6.45, 7) is -0.0847. The van der Waals surface area contributed by atoms with Crippen molar-refractivity contribution in [1.29, 1.82) is 5.26 Å². The molecule has 2 N–H and O–H groups in total. The van der Waals surface area contributed by atoms with Crippen molar-refractivity contribution in [2.45, 2.75) is 19.0 Å². The number of halogens is 3. The zero-order chi connectivity index (χ0) is 12.9. The summed E-state index contributed by atoms with van der Waals surface area (Å²) in [5.74, 6) is 0.242. The van der Waals surface area contributed by atoms with E-state index in [2.05, 4.69) is 0 Å². The van der Waals surface area contributed by atoms with E-state index in [0.717, 1.165) is 0 Å². The predicted molar refractivity (Wildman–Crippen MR) is 56.4 cm³/mol. The number of nitriles is 1. The van der Waals surface area contributed by atoms with Crippen molar-refractivity contribution < 1.29 is 17.9 Å². The van der Waals surface area contributed by atoms with Crippen LogP contribution in [0.4, 0.5) is 18.9 Å². The van der Waals surface area contributed by atoms with Crippen LogP contribution in [-0.4, -0.2) is 12.8 Å². The lowest BCUT2D eigenvalue weighted by molar-refractivity contribution is -0.136. The molecule has 3 nitrogen and oxygen atoms in total. The molecule has 6 heteroatoms. The maximum atomic E-state index is 11.9. The van der Waals surface area contributed by atoms with Gasteiger partial charge in [0.15, 0.2) is 0 Å². The molecule has 0 aliphatic rings. The second-order valence-electron chi connectivity index (χ2n) is 3.43. The molecule has 0 unspecified atom stereocenters. The van der Waals surface area contributed by atoms with Crippen molar-refractivity contribution in [3.63, 3.8) is 0 Å². The number of nitrogens with two attached hydrogens (primary N) is 1. The van der Waals surface area contributed by atoms with E-state index in [4.69, 9.17) is 15.7 Å². The van der Waals surface area contributed by atoms with Crippen LogP contribution >= 0.6 is 0 Å². The van der Waals surface area contributed by atoms with Gasteiger partial charge in [0.2, 0.25) is 0 Å². The SMILES string of the molecule is N#Cc1ccc(N)c(OCCCC(F)(F)F)c1. The Bertz CT molecular complexity index is 424. The van der Waals surface area contributed by atoms with E-state index in [0.29, 0.717) is 11.3 Å². The second kappa shape index (κ2) is 5.43. The van der Waals surface area contributed by atoms with E-state index in [9.17, 15) is 13.2 Å². The van der Waals surface area contributed by atoms with Crippen molar-refractivity contribution >= 4 is 5.69 Å². The van der Waals surface area contributed by atoms with Crippen LogP contribution in [0.15, 0.2) is 18.2 Å². The molecule has 0 aliphatic carbocycles. The fraction of sp³-hybridized carbons (Fsp3) is 0.364. The maximum absolute atomic E-state index is 11.9. The molecule has 0 radical (unpaired) electrons. The molecule has 92 valence electrons. The first-order valence-corrected chi connectivity index (χ1v) is 4.91. The Morgan fingerprint density at radius 1 is 1.35 bits per heavy atom. The Labute approximate surface area is 96.6 Å². The van der Waals surface area contributed by atoms with Crippen molar-refractivity contribution in [3.8, 4) is 11.8 Å². The first kappa shape index (κ1) is 13.2. The van der Waals surface area contributed by atoms with Crippen LogP contribution in [0.5, 0.6) is 5.75 Å². The summed E-state index contributed by atoms with van der Waals surface area (Å²) in [6.07, 6.45) is -5.21. The third-order valence-electron chi connectivity index (χ3n) is 2.00. The van der Waals surface area contributed by atoms with Crippen molar-refractivity contribution in [2.75, 3.05) is 12.3 Å². The number of rotatable bonds is 4. The number of nitrogens with zero attached hydrogens (tertiary/aromatic N) is 1. The minimum absolute atomic E-state index is 0.0847. The lowest BCUT2D eigenvalue weighted by Gasteiger charge is -2.10. The number of anilines is 1. The molecular formula is C11H11F3N2O. The highest BCUT2D eigenvalue weighted by molar-refractivity contribution is 5.55. The Morgan fingerprint density at radius 3 is 2.65 bits per heavy atom. The molecule has 0 saturated carbocycles. The Balaban J connectivity index is 2.49. The van der Waals surface area contributed by atoms with Gasteiger partial charge in [-0.1, -0.05) is 0 Å². The molecule has 0 saturated heterocycles. The molecule has 0 amide bonds. The summed E-state index contributed by atoms with van der Waals surface area (Å²) in [5.41, 5.74) is 6.21. The first-order chi connectivity index (χ1) is 7.92. The Morgan fingerprint density at radius 2 is 2.06 bits per heavy atom. The maximum Gasteiger partial charge on any atom is 0.389 e. The van der Waals surface area contributed by atoms with Gasteiger partial charge >= 0.3 is 6.18 Å². The number of benzene rings is 1. The highest BCUT2D eigenvalue weighted by atomic mass is 19.4. The van der Waals surface area contributed by atoms with E-state index >= 15 is 0 Å². The smallest absolute Gasteiger partial charge is 0.389 e. The monoisotopic (exact) mass is 244 g/mol. The Kier molecular flexibility index (Phi) is 4.21. The van der Waals surface area contributed by atoms with Gasteiger partial charge in [-0.2, -0.15) is 18.4 Å². The molecule has 0 spiro atoms. The normalized spacial score (nSPS) is 10.9. The minimum atomic E-state index is -4.18. The highest BCUT2D eigenvalue weighted by Gasteiger charge is 2.26. The number of hydrogen-bond acceptors (Lipinski definition) is 3. The van der Waals surface area contributed by atoms with Gasteiger partial charge in [0, 0.05) is 12.5 Å². The number of nitrogen functional groups attached to an aromatic ring is 1. The van der Waals surface area contributed by atoms with Crippen molar-refractivity contribution in [1.82, 2.24) is 0 Å². The number of hydrogen-bond donors (Lipinski definition) is 1. The molecule has 1 aromatic carbocycles. The molecule has 0 bridgehead atoms. The van der Waals surface area contributed by atoms with E-state index in [1.165, 1.54) is 18.2 Å². The lowest BCUT2D eigenvalue weighted by Crippen LogP contribution is -2.10. The van der Waals surface area contributed by atoms with Gasteiger partial charge in [-0.25, -0.2) is 0 Å². The molecule has 1 rings (SSSR count). The van der Waals surface area contributed by atoms with Crippen LogP contribution in [-0.2, 0) is 0 Å². The fourth-order valence-corrected chi connectivity index (χ4v) is 1.18. The van der Waals surface area contributed by atoms with Gasteiger partial charge in [0.05, 0.1) is 23.9 Å². The molecule has 0 fully saturated rings. The van der Waals surface area contributed by atoms with Crippen LogP contribution in [0.2, 0.25) is 0 Å². The van der Waals surface area contributed by atoms with Crippen molar-refractivity contribution in [2.24, 2.45) is 0 Å². The molecular weight excluding hydrogens is 233 g/mol. The summed E-state index contributed by atoms with van der Waals surface area (Å²) in [4.78, 5) is 0. The van der Waals surface area contributed by atoms with E-state index < -0.39 is 12.6 Å². The summed E-state index contributed by atoms with van der Waals surface area (Å²) in [6, 6.07) is 6.29. The number of alkyl halides is 3. The van der Waals surface area contributed by atoms with Crippen LogP contribution < -0.4 is 10.5 Å². The molecule has 0 aromatic heterocycles. The first-order valence-electron chi connectivity index (χ1n) is 4.91. The van der Waals surface area contributed by atoms with E-state index in [1.54, 1.807) is 0 Å². The summed E-state index contributed by atoms with van der Waals surface area (Å²) < 4.78 is 40.7. The number of ether oxygens (including phenoxy) is 1. The standard InChI is InChI=1S/C11H11F3N2O/c12-11(13,14)4-1-5-17-10-6-8(7-15)2-3-9(10)16/h2-3,6H,1,4-5,16H2. The highest BCUT2D eigenvalue weighted by Crippen LogP contribution is 2.24. The summed E-state index contributed by atoms with van der Waals surface area (Å²) in [5, 5.41) is 8.64. The summed E-state index contributed by atoms with van der Waals surface area (Å²) >= 11 is 0. The zero-order valence-electron chi connectivity index (χ0n) is 8.92. The van der Waals surface area contributed by atoms with Gasteiger partial charge in [0.1, 0.15) is 5.75 Å². The average molecular weight is 244 g/mol. The largest absolute Gasteiger partial charge is 0.491 e. The zero-order valence-corrected chi connectivity index (χ0v) is 8.92. The molecule has 1 aromatic rings. The fourth-order valence-electron chi connectivity index (χ4n) is 1.18. The van der Waals surface area contributed by atoms with Gasteiger partial charge in [-0.05, 0) is 18.6 Å². The molecule has 0 atom stereocenters. The third kappa shape index (κ3) is 4.64.